The molecule has 2 aromatic heterocycles. The van der Waals surface area contributed by atoms with Gasteiger partial charge in [-0.15, -0.1) is 10.2 Å². The van der Waals surface area contributed by atoms with Crippen molar-refractivity contribution in [1.29, 1.82) is 0 Å². The van der Waals surface area contributed by atoms with Crippen LogP contribution in [0.5, 0.6) is 0 Å². The Morgan fingerprint density at radius 1 is 1.40 bits per heavy atom. The summed E-state index contributed by atoms with van der Waals surface area (Å²) >= 11 is 6.58. The highest BCUT2D eigenvalue weighted by Crippen LogP contribution is 2.15. The SMILES string of the molecule is O=C(Nc1ccccn1)c1nnc(Cl)s1. The highest BCUT2D eigenvalue weighted by molar-refractivity contribution is 7.17. The molecule has 0 fully saturated rings. The number of pyridine rings is 1. The molecule has 5 nitrogen and oxygen atoms in total. The smallest absolute Gasteiger partial charge is 0.287 e. The minimum Gasteiger partial charge on any atom is -0.304 e. The molecule has 0 aliphatic rings. The van der Waals surface area contributed by atoms with E-state index >= 15 is 0 Å². The molecule has 0 aliphatic heterocycles. The molecule has 15 heavy (non-hydrogen) atoms. The zero-order chi connectivity index (χ0) is 10.7. The molecule has 7 heteroatoms. The van der Waals surface area contributed by atoms with Crippen LogP contribution in [0.25, 0.3) is 0 Å². The summed E-state index contributed by atoms with van der Waals surface area (Å²) in [5, 5.41) is 9.92. The van der Waals surface area contributed by atoms with Gasteiger partial charge in [-0.05, 0) is 23.7 Å². The molecule has 2 aromatic rings. The molecule has 0 spiro atoms. The van der Waals surface area contributed by atoms with Crippen LogP contribution in [0, 0.1) is 0 Å². The molecular weight excluding hydrogens is 236 g/mol. The molecule has 0 aromatic carbocycles. The normalized spacial score (nSPS) is 9.93. The maximum absolute atomic E-state index is 11.5. The summed E-state index contributed by atoms with van der Waals surface area (Å²) in [7, 11) is 0. The summed E-state index contributed by atoms with van der Waals surface area (Å²) in [5.74, 6) is 0.104. The first-order valence-electron chi connectivity index (χ1n) is 3.97. The van der Waals surface area contributed by atoms with E-state index in [4.69, 9.17) is 11.6 Å². The lowest BCUT2D eigenvalue weighted by atomic mass is 10.4. The third-order valence-corrected chi connectivity index (χ3v) is 2.52. The second-order valence-electron chi connectivity index (χ2n) is 2.53. The quantitative estimate of drug-likeness (QED) is 0.870. The van der Waals surface area contributed by atoms with Crippen LogP contribution in [0.2, 0.25) is 4.47 Å². The van der Waals surface area contributed by atoms with Crippen molar-refractivity contribution in [2.75, 3.05) is 5.32 Å². The zero-order valence-corrected chi connectivity index (χ0v) is 8.92. The van der Waals surface area contributed by atoms with Crippen molar-refractivity contribution < 1.29 is 4.79 Å². The highest BCUT2D eigenvalue weighted by atomic mass is 35.5. The first kappa shape index (κ1) is 10.0. The summed E-state index contributed by atoms with van der Waals surface area (Å²) < 4.78 is 0.237. The number of hydrogen-bond donors (Lipinski definition) is 1. The van der Waals surface area contributed by atoms with Crippen LogP contribution in [0.4, 0.5) is 5.82 Å². The van der Waals surface area contributed by atoms with Crippen LogP contribution in [0.15, 0.2) is 24.4 Å². The Kier molecular flexibility index (Phi) is 2.89. The summed E-state index contributed by atoms with van der Waals surface area (Å²) in [5.41, 5.74) is 0. The Morgan fingerprint density at radius 2 is 2.27 bits per heavy atom. The molecule has 0 bridgehead atoms. The average Bonchev–Trinajstić information content (AvgIpc) is 2.66. The Labute approximate surface area is 94.1 Å². The molecule has 1 amide bonds. The number of rotatable bonds is 2. The van der Waals surface area contributed by atoms with Gasteiger partial charge in [0.05, 0.1) is 0 Å². The van der Waals surface area contributed by atoms with Gasteiger partial charge in [0.15, 0.2) is 0 Å². The van der Waals surface area contributed by atoms with Crippen molar-refractivity contribution in [3.05, 3.63) is 33.9 Å². The lowest BCUT2D eigenvalue weighted by molar-refractivity contribution is 0.102. The third kappa shape index (κ3) is 2.48. The van der Waals surface area contributed by atoms with Gasteiger partial charge in [0.2, 0.25) is 9.47 Å². The van der Waals surface area contributed by atoms with Gasteiger partial charge in [0.25, 0.3) is 5.91 Å². The van der Waals surface area contributed by atoms with Gasteiger partial charge < -0.3 is 5.32 Å². The fourth-order valence-electron chi connectivity index (χ4n) is 0.904. The topological polar surface area (TPSA) is 67.8 Å². The fraction of sp³-hybridized carbons (Fsp3) is 0. The standard InChI is InChI=1S/C8H5ClN4OS/c9-8-13-12-7(15-8)6(14)11-5-3-1-2-4-10-5/h1-4H,(H,10,11,14). The second-order valence-corrected chi connectivity index (χ2v) is 4.09. The average molecular weight is 241 g/mol. The molecule has 0 saturated carbocycles. The van der Waals surface area contributed by atoms with Crippen LogP contribution < -0.4 is 5.32 Å². The van der Waals surface area contributed by atoms with Crippen LogP contribution >= 0.6 is 22.9 Å². The van der Waals surface area contributed by atoms with E-state index in [9.17, 15) is 4.79 Å². The van der Waals surface area contributed by atoms with Crippen LogP contribution in [-0.2, 0) is 0 Å². The molecule has 1 N–H and O–H groups in total. The zero-order valence-electron chi connectivity index (χ0n) is 7.35. The van der Waals surface area contributed by atoms with Crippen LogP contribution in [0.1, 0.15) is 9.80 Å². The van der Waals surface area contributed by atoms with Crippen molar-refractivity contribution in [2.24, 2.45) is 0 Å². The molecule has 76 valence electrons. The lowest BCUT2D eigenvalue weighted by Gasteiger charge is -1.99. The fourth-order valence-corrected chi connectivity index (χ4v) is 1.63. The molecule has 0 aliphatic carbocycles. The van der Waals surface area contributed by atoms with Gasteiger partial charge in [-0.3, -0.25) is 4.79 Å². The van der Waals surface area contributed by atoms with Crippen molar-refractivity contribution in [2.45, 2.75) is 0 Å². The number of anilines is 1. The van der Waals surface area contributed by atoms with Gasteiger partial charge in [-0.2, -0.15) is 0 Å². The highest BCUT2D eigenvalue weighted by Gasteiger charge is 2.12. The van der Waals surface area contributed by atoms with E-state index in [1.165, 1.54) is 0 Å². The van der Waals surface area contributed by atoms with E-state index in [0.717, 1.165) is 11.3 Å². The second kappa shape index (κ2) is 4.33. The molecule has 0 unspecified atom stereocenters. The van der Waals surface area contributed by atoms with Crippen molar-refractivity contribution in [3.8, 4) is 0 Å². The number of halogens is 1. The first-order chi connectivity index (χ1) is 7.25. The largest absolute Gasteiger partial charge is 0.304 e. The summed E-state index contributed by atoms with van der Waals surface area (Å²) in [6, 6.07) is 5.22. The van der Waals surface area contributed by atoms with Crippen LogP contribution in [0.3, 0.4) is 0 Å². The molecule has 0 atom stereocenters. The number of carbonyl (C=O) groups excluding carboxylic acids is 1. The maximum Gasteiger partial charge on any atom is 0.287 e. The molecule has 0 saturated heterocycles. The van der Waals surface area contributed by atoms with Crippen molar-refractivity contribution in [3.63, 3.8) is 0 Å². The van der Waals surface area contributed by atoms with E-state index in [1.807, 2.05) is 0 Å². The van der Waals surface area contributed by atoms with E-state index in [1.54, 1.807) is 24.4 Å². The third-order valence-electron chi connectivity index (χ3n) is 1.50. The number of nitrogens with zero attached hydrogens (tertiary/aromatic N) is 3. The predicted molar refractivity (Wildman–Crippen MR) is 57.1 cm³/mol. The van der Waals surface area contributed by atoms with E-state index < -0.39 is 0 Å². The molecular formula is C8H5ClN4OS. The number of amides is 1. The van der Waals surface area contributed by atoms with Crippen LogP contribution in [-0.4, -0.2) is 21.1 Å². The van der Waals surface area contributed by atoms with Crippen molar-refractivity contribution in [1.82, 2.24) is 15.2 Å². The number of nitrogens with one attached hydrogen (secondary N) is 1. The molecule has 0 radical (unpaired) electrons. The summed E-state index contributed by atoms with van der Waals surface area (Å²) in [6.07, 6.45) is 1.59. The van der Waals surface area contributed by atoms with Gasteiger partial charge in [-0.25, -0.2) is 4.98 Å². The van der Waals surface area contributed by atoms with E-state index in [2.05, 4.69) is 20.5 Å². The van der Waals surface area contributed by atoms with E-state index in [-0.39, 0.29) is 15.4 Å². The number of aromatic nitrogens is 3. The monoisotopic (exact) mass is 240 g/mol. The number of hydrogen-bond acceptors (Lipinski definition) is 5. The predicted octanol–water partition coefficient (Wildman–Crippen LogP) is 1.84. The Hall–Kier alpha value is -1.53. The van der Waals surface area contributed by atoms with E-state index in [0.29, 0.717) is 5.82 Å². The Morgan fingerprint density at radius 3 is 2.87 bits per heavy atom. The van der Waals surface area contributed by atoms with Crippen molar-refractivity contribution >= 4 is 34.7 Å². The minimum absolute atomic E-state index is 0.214. The summed E-state index contributed by atoms with van der Waals surface area (Å²) in [4.78, 5) is 15.5. The van der Waals surface area contributed by atoms with Gasteiger partial charge in [0, 0.05) is 6.20 Å². The molecule has 2 rings (SSSR count). The maximum atomic E-state index is 11.5. The van der Waals surface area contributed by atoms with Gasteiger partial charge >= 0.3 is 0 Å². The van der Waals surface area contributed by atoms with Gasteiger partial charge in [0.1, 0.15) is 5.82 Å². The molecule has 2 heterocycles. The van der Waals surface area contributed by atoms with Gasteiger partial charge in [-0.1, -0.05) is 17.4 Å². The lowest BCUT2D eigenvalue weighted by Crippen LogP contribution is -2.12. The minimum atomic E-state index is -0.363. The summed E-state index contributed by atoms with van der Waals surface area (Å²) in [6.45, 7) is 0. The number of carbonyl (C=O) groups is 1. The Bertz CT molecular complexity index is 473. The first-order valence-corrected chi connectivity index (χ1v) is 5.16. The Balaban J connectivity index is 2.11.